The molecule has 2 nitrogen and oxygen atoms in total. The molecule has 1 rings (SSSR count). The van der Waals surface area contributed by atoms with Gasteiger partial charge in [0.25, 0.3) is 0 Å². The van der Waals surface area contributed by atoms with E-state index in [1.54, 1.807) is 0 Å². The van der Waals surface area contributed by atoms with Gasteiger partial charge in [0, 0.05) is 0 Å². The van der Waals surface area contributed by atoms with E-state index in [1.807, 2.05) is 6.92 Å². The SMILES string of the molecule is C=C(C)OCCCC(O)C1=CCCC1C. The molecule has 0 spiro atoms. The quantitative estimate of drug-likeness (QED) is 0.415. The van der Waals surface area contributed by atoms with Crippen molar-refractivity contribution >= 4 is 0 Å². The number of aliphatic hydroxyl groups excluding tert-OH is 1. The molecule has 0 saturated carbocycles. The van der Waals surface area contributed by atoms with Crippen molar-refractivity contribution in [2.45, 2.75) is 45.6 Å². The Morgan fingerprint density at radius 1 is 1.73 bits per heavy atom. The molecule has 0 heterocycles. The Labute approximate surface area is 92.6 Å². The lowest BCUT2D eigenvalue weighted by atomic mass is 9.96. The van der Waals surface area contributed by atoms with Gasteiger partial charge in [0.05, 0.1) is 18.5 Å². The van der Waals surface area contributed by atoms with Crippen LogP contribution >= 0.6 is 0 Å². The third-order valence-corrected chi connectivity index (χ3v) is 2.90. The summed E-state index contributed by atoms with van der Waals surface area (Å²) in [6.07, 6.45) is 5.91. The Morgan fingerprint density at radius 3 is 3.00 bits per heavy atom. The lowest BCUT2D eigenvalue weighted by Crippen LogP contribution is -2.14. The molecule has 15 heavy (non-hydrogen) atoms. The maximum absolute atomic E-state index is 9.94. The minimum atomic E-state index is -0.267. The molecule has 0 radical (unpaired) electrons. The van der Waals surface area contributed by atoms with Gasteiger partial charge in [0.2, 0.25) is 0 Å². The number of hydrogen-bond acceptors (Lipinski definition) is 2. The molecule has 0 aromatic rings. The van der Waals surface area contributed by atoms with Crippen LogP contribution in [0.25, 0.3) is 0 Å². The van der Waals surface area contributed by atoms with Crippen LogP contribution in [0.3, 0.4) is 0 Å². The van der Waals surface area contributed by atoms with Gasteiger partial charge in [-0.05, 0) is 44.1 Å². The molecule has 0 aliphatic heterocycles. The highest BCUT2D eigenvalue weighted by Gasteiger charge is 2.20. The zero-order valence-corrected chi connectivity index (χ0v) is 9.83. The molecular formula is C13H22O2. The molecule has 0 saturated heterocycles. The van der Waals surface area contributed by atoms with E-state index in [4.69, 9.17) is 4.74 Å². The summed E-state index contributed by atoms with van der Waals surface area (Å²) < 4.78 is 5.26. The fourth-order valence-corrected chi connectivity index (χ4v) is 2.02. The van der Waals surface area contributed by atoms with Crippen LogP contribution < -0.4 is 0 Å². The van der Waals surface area contributed by atoms with Gasteiger partial charge in [-0.3, -0.25) is 0 Å². The maximum atomic E-state index is 9.94. The van der Waals surface area contributed by atoms with Crippen LogP contribution in [-0.4, -0.2) is 17.8 Å². The van der Waals surface area contributed by atoms with Crippen LogP contribution in [0.1, 0.15) is 39.5 Å². The van der Waals surface area contributed by atoms with Crippen molar-refractivity contribution < 1.29 is 9.84 Å². The average molecular weight is 210 g/mol. The fourth-order valence-electron chi connectivity index (χ4n) is 2.02. The van der Waals surface area contributed by atoms with Gasteiger partial charge in [0.1, 0.15) is 0 Å². The topological polar surface area (TPSA) is 29.5 Å². The van der Waals surface area contributed by atoms with Crippen molar-refractivity contribution in [2.24, 2.45) is 5.92 Å². The van der Waals surface area contributed by atoms with Gasteiger partial charge in [-0.2, -0.15) is 0 Å². The molecule has 1 aliphatic rings. The summed E-state index contributed by atoms with van der Waals surface area (Å²) in [6.45, 7) is 8.36. The van der Waals surface area contributed by atoms with E-state index in [-0.39, 0.29) is 6.10 Å². The fraction of sp³-hybridized carbons (Fsp3) is 0.692. The highest BCUT2D eigenvalue weighted by molar-refractivity contribution is 5.16. The average Bonchev–Trinajstić information content (AvgIpc) is 2.58. The molecule has 0 amide bonds. The van der Waals surface area contributed by atoms with Gasteiger partial charge in [-0.1, -0.05) is 19.6 Å². The van der Waals surface area contributed by atoms with Crippen LogP contribution in [0.4, 0.5) is 0 Å². The van der Waals surface area contributed by atoms with Crippen molar-refractivity contribution in [1.29, 1.82) is 0 Å². The molecule has 1 N–H and O–H groups in total. The van der Waals surface area contributed by atoms with E-state index in [0.717, 1.165) is 25.0 Å². The Morgan fingerprint density at radius 2 is 2.47 bits per heavy atom. The second kappa shape index (κ2) is 5.96. The summed E-state index contributed by atoms with van der Waals surface area (Å²) >= 11 is 0. The third-order valence-electron chi connectivity index (χ3n) is 2.90. The third kappa shape index (κ3) is 4.08. The van der Waals surface area contributed by atoms with Crippen LogP contribution in [0.15, 0.2) is 24.0 Å². The van der Waals surface area contributed by atoms with Crippen LogP contribution in [0.5, 0.6) is 0 Å². The molecule has 1 aliphatic carbocycles. The van der Waals surface area contributed by atoms with Crippen LogP contribution in [0.2, 0.25) is 0 Å². The second-order valence-electron chi connectivity index (χ2n) is 4.39. The van der Waals surface area contributed by atoms with E-state index >= 15 is 0 Å². The largest absolute Gasteiger partial charge is 0.499 e. The lowest BCUT2D eigenvalue weighted by Gasteiger charge is -2.16. The zero-order valence-electron chi connectivity index (χ0n) is 9.83. The Balaban J connectivity index is 2.18. The smallest absolute Gasteiger partial charge is 0.0878 e. The first-order valence-electron chi connectivity index (χ1n) is 5.77. The summed E-state index contributed by atoms with van der Waals surface area (Å²) in [5.74, 6) is 1.31. The Hall–Kier alpha value is -0.760. The molecule has 0 bridgehead atoms. The minimum absolute atomic E-state index is 0.267. The minimum Gasteiger partial charge on any atom is -0.499 e. The van der Waals surface area contributed by atoms with E-state index in [2.05, 4.69) is 19.6 Å². The highest BCUT2D eigenvalue weighted by atomic mass is 16.5. The molecule has 86 valence electrons. The number of allylic oxidation sites excluding steroid dienone is 2. The molecule has 2 atom stereocenters. The Bertz CT molecular complexity index is 243. The number of aliphatic hydroxyl groups is 1. The van der Waals surface area contributed by atoms with Crippen molar-refractivity contribution in [2.75, 3.05) is 6.61 Å². The Kier molecular flexibility index (Phi) is 4.89. The second-order valence-corrected chi connectivity index (χ2v) is 4.39. The summed E-state index contributed by atoms with van der Waals surface area (Å²) in [5.41, 5.74) is 1.23. The van der Waals surface area contributed by atoms with Crippen molar-refractivity contribution in [3.05, 3.63) is 24.0 Å². The zero-order chi connectivity index (χ0) is 11.3. The summed E-state index contributed by atoms with van der Waals surface area (Å²) in [4.78, 5) is 0. The summed E-state index contributed by atoms with van der Waals surface area (Å²) in [7, 11) is 0. The normalized spacial score (nSPS) is 22.3. The van der Waals surface area contributed by atoms with Crippen molar-refractivity contribution in [3.63, 3.8) is 0 Å². The molecule has 0 aromatic carbocycles. The molecule has 0 fully saturated rings. The molecule has 0 aromatic heterocycles. The molecular weight excluding hydrogens is 188 g/mol. The number of ether oxygens (including phenoxy) is 1. The van der Waals surface area contributed by atoms with Crippen LogP contribution in [0, 0.1) is 5.92 Å². The van der Waals surface area contributed by atoms with Gasteiger partial charge in [-0.25, -0.2) is 0 Å². The monoisotopic (exact) mass is 210 g/mol. The molecule has 2 heteroatoms. The maximum Gasteiger partial charge on any atom is 0.0878 e. The van der Waals surface area contributed by atoms with E-state index < -0.39 is 0 Å². The predicted octanol–water partition coefficient (Wildman–Crippen LogP) is 3.03. The standard InChI is InChI=1S/C13H22O2/c1-10(2)15-9-5-8-13(14)12-7-4-6-11(12)3/h7,11,13-14H,1,4-6,8-9H2,2-3H3. The first-order chi connectivity index (χ1) is 7.11. The van der Waals surface area contributed by atoms with Crippen LogP contribution in [-0.2, 0) is 4.74 Å². The first kappa shape index (κ1) is 12.3. The summed E-state index contributed by atoms with van der Waals surface area (Å²) in [6, 6.07) is 0. The van der Waals surface area contributed by atoms with Gasteiger partial charge >= 0.3 is 0 Å². The highest BCUT2D eigenvalue weighted by Crippen LogP contribution is 2.29. The van der Waals surface area contributed by atoms with Gasteiger partial charge in [-0.15, -0.1) is 0 Å². The van der Waals surface area contributed by atoms with E-state index in [1.165, 1.54) is 12.0 Å². The summed E-state index contributed by atoms with van der Waals surface area (Å²) in [5, 5.41) is 9.94. The van der Waals surface area contributed by atoms with Gasteiger partial charge in [0.15, 0.2) is 0 Å². The number of rotatable bonds is 6. The lowest BCUT2D eigenvalue weighted by molar-refractivity contribution is 0.157. The van der Waals surface area contributed by atoms with Crippen molar-refractivity contribution in [3.8, 4) is 0 Å². The van der Waals surface area contributed by atoms with E-state index in [9.17, 15) is 5.11 Å². The van der Waals surface area contributed by atoms with Gasteiger partial charge < -0.3 is 9.84 Å². The van der Waals surface area contributed by atoms with Crippen molar-refractivity contribution in [1.82, 2.24) is 0 Å². The first-order valence-corrected chi connectivity index (χ1v) is 5.77. The molecule has 2 unspecified atom stereocenters. The number of hydrogen-bond donors (Lipinski definition) is 1. The predicted molar refractivity (Wildman–Crippen MR) is 62.5 cm³/mol. The van der Waals surface area contributed by atoms with E-state index in [0.29, 0.717) is 12.5 Å².